The molecule has 0 aliphatic carbocycles. The lowest BCUT2D eigenvalue weighted by Gasteiger charge is -2.21. The van der Waals surface area contributed by atoms with Crippen molar-refractivity contribution < 1.29 is 23.8 Å². The van der Waals surface area contributed by atoms with Crippen LogP contribution in [0.1, 0.15) is 44.5 Å². The highest BCUT2D eigenvalue weighted by molar-refractivity contribution is 5.99. The van der Waals surface area contributed by atoms with E-state index in [2.05, 4.69) is 5.32 Å². The van der Waals surface area contributed by atoms with Gasteiger partial charge >= 0.3 is 6.09 Å². The second-order valence-corrected chi connectivity index (χ2v) is 6.24. The minimum absolute atomic E-state index is 0.131. The van der Waals surface area contributed by atoms with Crippen LogP contribution in [-0.2, 0) is 4.74 Å². The number of alkyl carbamates (subject to hydrolysis) is 1. The molecule has 6 heteroatoms. The van der Waals surface area contributed by atoms with Crippen LogP contribution in [-0.4, -0.2) is 37.7 Å². The first kappa shape index (κ1) is 18.8. The number of hydrogen-bond donors (Lipinski definition) is 1. The average molecular weight is 323 g/mol. The Balaban J connectivity index is 2.70. The largest absolute Gasteiger partial charge is 0.497 e. The van der Waals surface area contributed by atoms with Gasteiger partial charge in [-0.1, -0.05) is 0 Å². The number of methoxy groups -OCH3 is 2. The van der Waals surface area contributed by atoms with E-state index in [0.29, 0.717) is 17.1 Å². The molecule has 0 radical (unpaired) electrons. The molecule has 0 bridgehead atoms. The van der Waals surface area contributed by atoms with Crippen LogP contribution in [0.25, 0.3) is 0 Å². The van der Waals surface area contributed by atoms with E-state index in [9.17, 15) is 9.59 Å². The monoisotopic (exact) mass is 323 g/mol. The smallest absolute Gasteiger partial charge is 0.407 e. The maximum Gasteiger partial charge on any atom is 0.407 e. The van der Waals surface area contributed by atoms with Crippen LogP contribution in [0.2, 0.25) is 0 Å². The fraction of sp³-hybridized carbons (Fsp3) is 0.529. The first-order valence-electron chi connectivity index (χ1n) is 7.41. The predicted octanol–water partition coefficient (Wildman–Crippen LogP) is 3.19. The van der Waals surface area contributed by atoms with Gasteiger partial charge in [-0.05, 0) is 39.8 Å². The first-order chi connectivity index (χ1) is 10.7. The lowest BCUT2D eigenvalue weighted by molar-refractivity contribution is 0.0506. The van der Waals surface area contributed by atoms with E-state index in [-0.39, 0.29) is 18.2 Å². The lowest BCUT2D eigenvalue weighted by Crippen LogP contribution is -2.38. The van der Waals surface area contributed by atoms with Crippen molar-refractivity contribution in [2.75, 3.05) is 14.2 Å². The van der Waals surface area contributed by atoms with Crippen molar-refractivity contribution in [2.24, 2.45) is 0 Å². The average Bonchev–Trinajstić information content (AvgIpc) is 2.43. The molecule has 0 aliphatic rings. The van der Waals surface area contributed by atoms with Gasteiger partial charge in [0.25, 0.3) is 0 Å². The molecule has 0 saturated heterocycles. The summed E-state index contributed by atoms with van der Waals surface area (Å²) in [5.74, 6) is 0.921. The van der Waals surface area contributed by atoms with Gasteiger partial charge in [0.15, 0.2) is 5.78 Å². The number of benzene rings is 1. The highest BCUT2D eigenvalue weighted by Crippen LogP contribution is 2.26. The zero-order chi connectivity index (χ0) is 17.6. The molecular weight excluding hydrogens is 298 g/mol. The summed E-state index contributed by atoms with van der Waals surface area (Å²) in [4.78, 5) is 24.1. The minimum Gasteiger partial charge on any atom is -0.497 e. The highest BCUT2D eigenvalue weighted by Gasteiger charge is 2.20. The molecule has 0 fully saturated rings. The van der Waals surface area contributed by atoms with Gasteiger partial charge in [0.05, 0.1) is 19.8 Å². The van der Waals surface area contributed by atoms with Gasteiger partial charge in [0, 0.05) is 18.5 Å². The van der Waals surface area contributed by atoms with Gasteiger partial charge in [-0.25, -0.2) is 4.79 Å². The Labute approximate surface area is 137 Å². The Kier molecular flexibility index (Phi) is 6.42. The number of ether oxygens (including phenoxy) is 3. The SMILES string of the molecule is COc1ccc(C(=O)CC(C)NC(=O)OC(C)(C)C)c(OC)c1. The molecule has 1 rings (SSSR count). The summed E-state index contributed by atoms with van der Waals surface area (Å²) in [5.41, 5.74) is -0.126. The number of Topliss-reactive ketones (excluding diaryl/α,β-unsaturated/α-hetero) is 1. The third-order valence-corrected chi connectivity index (χ3v) is 2.96. The van der Waals surface area contributed by atoms with Gasteiger partial charge in [-0.15, -0.1) is 0 Å². The molecule has 0 heterocycles. The first-order valence-corrected chi connectivity index (χ1v) is 7.41. The molecule has 23 heavy (non-hydrogen) atoms. The second-order valence-electron chi connectivity index (χ2n) is 6.24. The number of hydrogen-bond acceptors (Lipinski definition) is 5. The number of carbonyl (C=O) groups is 2. The maximum atomic E-state index is 12.4. The van der Waals surface area contributed by atoms with Crippen molar-refractivity contribution in [1.82, 2.24) is 5.32 Å². The van der Waals surface area contributed by atoms with E-state index in [1.54, 1.807) is 53.0 Å². The summed E-state index contributed by atoms with van der Waals surface area (Å²) in [7, 11) is 3.04. The second kappa shape index (κ2) is 7.85. The van der Waals surface area contributed by atoms with E-state index >= 15 is 0 Å². The number of amides is 1. The van der Waals surface area contributed by atoms with Crippen LogP contribution in [0.4, 0.5) is 4.79 Å². The Hall–Kier alpha value is -2.24. The summed E-state index contributed by atoms with van der Waals surface area (Å²) >= 11 is 0. The molecule has 0 saturated carbocycles. The fourth-order valence-corrected chi connectivity index (χ4v) is 1.98. The van der Waals surface area contributed by atoms with Crippen LogP contribution < -0.4 is 14.8 Å². The van der Waals surface area contributed by atoms with Crippen LogP contribution in [0, 0.1) is 0 Å². The molecule has 1 unspecified atom stereocenters. The molecular formula is C17H25NO5. The third kappa shape index (κ3) is 6.18. The van der Waals surface area contributed by atoms with Gasteiger partial charge in [0.1, 0.15) is 17.1 Å². The van der Waals surface area contributed by atoms with Gasteiger partial charge in [-0.3, -0.25) is 4.79 Å². The summed E-state index contributed by atoms with van der Waals surface area (Å²) < 4.78 is 15.5. The molecule has 1 aromatic rings. The van der Waals surface area contributed by atoms with Crippen molar-refractivity contribution in [3.8, 4) is 11.5 Å². The van der Waals surface area contributed by atoms with E-state index < -0.39 is 11.7 Å². The van der Waals surface area contributed by atoms with E-state index in [1.807, 2.05) is 0 Å². The zero-order valence-electron chi connectivity index (χ0n) is 14.6. The molecule has 0 aromatic heterocycles. The number of rotatable bonds is 6. The number of carbonyl (C=O) groups excluding carboxylic acids is 2. The highest BCUT2D eigenvalue weighted by atomic mass is 16.6. The van der Waals surface area contributed by atoms with Gasteiger partial charge < -0.3 is 19.5 Å². The summed E-state index contributed by atoms with van der Waals surface area (Å²) in [6, 6.07) is 4.64. The van der Waals surface area contributed by atoms with Crippen LogP contribution in [0.3, 0.4) is 0 Å². The number of nitrogens with one attached hydrogen (secondary N) is 1. The van der Waals surface area contributed by atoms with Gasteiger partial charge in [0.2, 0.25) is 0 Å². The molecule has 1 N–H and O–H groups in total. The fourth-order valence-electron chi connectivity index (χ4n) is 1.98. The Bertz CT molecular complexity index is 563. The van der Waals surface area contributed by atoms with E-state index in [4.69, 9.17) is 14.2 Å². The minimum atomic E-state index is -0.576. The van der Waals surface area contributed by atoms with Crippen molar-refractivity contribution in [3.05, 3.63) is 23.8 Å². The summed E-state index contributed by atoms with van der Waals surface area (Å²) in [6.07, 6.45) is -0.401. The summed E-state index contributed by atoms with van der Waals surface area (Å²) in [5, 5.41) is 2.65. The standard InChI is InChI=1S/C17H25NO5/c1-11(18-16(20)23-17(2,3)4)9-14(19)13-8-7-12(21-5)10-15(13)22-6/h7-8,10-11H,9H2,1-6H3,(H,18,20). The third-order valence-electron chi connectivity index (χ3n) is 2.96. The molecule has 0 spiro atoms. The molecule has 1 amide bonds. The van der Waals surface area contributed by atoms with E-state index in [0.717, 1.165) is 0 Å². The van der Waals surface area contributed by atoms with Crippen LogP contribution >= 0.6 is 0 Å². The Morgan fingerprint density at radius 3 is 2.35 bits per heavy atom. The van der Waals surface area contributed by atoms with Gasteiger partial charge in [-0.2, -0.15) is 0 Å². The topological polar surface area (TPSA) is 73.9 Å². The number of ketones is 1. The van der Waals surface area contributed by atoms with Crippen LogP contribution in [0.5, 0.6) is 11.5 Å². The molecule has 1 atom stereocenters. The van der Waals surface area contributed by atoms with Crippen molar-refractivity contribution in [1.29, 1.82) is 0 Å². The van der Waals surface area contributed by atoms with Crippen LogP contribution in [0.15, 0.2) is 18.2 Å². The molecule has 6 nitrogen and oxygen atoms in total. The van der Waals surface area contributed by atoms with E-state index in [1.165, 1.54) is 7.11 Å². The normalized spacial score (nSPS) is 12.3. The Morgan fingerprint density at radius 1 is 1.17 bits per heavy atom. The molecule has 0 aliphatic heterocycles. The van der Waals surface area contributed by atoms with Crippen molar-refractivity contribution in [3.63, 3.8) is 0 Å². The van der Waals surface area contributed by atoms with Crippen molar-refractivity contribution in [2.45, 2.75) is 45.8 Å². The quantitative estimate of drug-likeness (QED) is 0.814. The Morgan fingerprint density at radius 2 is 1.83 bits per heavy atom. The predicted molar refractivity (Wildman–Crippen MR) is 87.3 cm³/mol. The zero-order valence-corrected chi connectivity index (χ0v) is 14.6. The molecule has 128 valence electrons. The maximum absolute atomic E-state index is 12.4. The summed E-state index contributed by atoms with van der Waals surface area (Å²) in [6.45, 7) is 7.09. The lowest BCUT2D eigenvalue weighted by atomic mass is 10.0. The molecule has 1 aromatic carbocycles. The van der Waals surface area contributed by atoms with Crippen molar-refractivity contribution >= 4 is 11.9 Å².